The largest absolute Gasteiger partial charge is 0.277 e. The van der Waals surface area contributed by atoms with Crippen molar-refractivity contribution >= 4 is 63.8 Å². The topological polar surface area (TPSA) is 66.1 Å². The highest BCUT2D eigenvalue weighted by Gasteiger charge is 2.38. The lowest BCUT2D eigenvalue weighted by atomic mass is 10.1. The monoisotopic (exact) mass is 433 g/mol. The minimum Gasteiger partial charge on any atom is -0.277 e. The number of anilines is 1. The first-order valence-electron chi connectivity index (χ1n) is 9.12. The number of carbonyl (C=O) groups is 2. The Hall–Kier alpha value is -3.41. The Kier molecular flexibility index (Phi) is 4.42. The smallest absolute Gasteiger partial charge is 0.266 e. The number of imide groups is 1. The van der Waals surface area contributed by atoms with Crippen LogP contribution in [0.25, 0.3) is 23.1 Å². The molecule has 3 aromatic carbocycles. The maximum absolute atomic E-state index is 13.0. The molecule has 0 radical (unpaired) electrons. The van der Waals surface area contributed by atoms with E-state index in [2.05, 4.69) is 10.2 Å². The van der Waals surface area contributed by atoms with E-state index in [0.717, 1.165) is 21.5 Å². The van der Waals surface area contributed by atoms with Crippen molar-refractivity contribution in [3.8, 4) is 0 Å². The highest BCUT2D eigenvalue weighted by Crippen LogP contribution is 2.35. The average molecular weight is 434 g/mol. The number of nitrogens with one attached hydrogen (secondary N) is 1. The number of benzene rings is 3. The van der Waals surface area contributed by atoms with Gasteiger partial charge in [-0.3, -0.25) is 14.7 Å². The Morgan fingerprint density at radius 1 is 0.833 bits per heavy atom. The van der Waals surface area contributed by atoms with E-state index in [-0.39, 0.29) is 21.2 Å². The van der Waals surface area contributed by atoms with E-state index < -0.39 is 11.8 Å². The van der Waals surface area contributed by atoms with Gasteiger partial charge in [0, 0.05) is 5.39 Å². The van der Waals surface area contributed by atoms with Crippen LogP contribution in [0.1, 0.15) is 32.0 Å². The molecule has 0 fully saturated rings. The number of carbonyl (C=O) groups excluding carboxylic acids is 2. The first-order valence-corrected chi connectivity index (χ1v) is 9.88. The Labute approximate surface area is 181 Å². The molecule has 0 saturated carbocycles. The molecule has 2 amide bonds. The van der Waals surface area contributed by atoms with Crippen molar-refractivity contribution in [3.63, 3.8) is 0 Å². The lowest BCUT2D eigenvalue weighted by molar-refractivity contribution is 0.0926. The van der Waals surface area contributed by atoms with Crippen LogP contribution in [-0.4, -0.2) is 22.0 Å². The minimum atomic E-state index is -0.431. The molecule has 7 heteroatoms. The number of aromatic nitrogens is 2. The molecular formula is C23H13Cl2N3O2. The molecule has 4 aromatic rings. The number of fused-ring (bicyclic) bond motifs is 2. The van der Waals surface area contributed by atoms with Crippen LogP contribution in [0.2, 0.25) is 10.0 Å². The van der Waals surface area contributed by atoms with Crippen molar-refractivity contribution in [1.82, 2.24) is 10.2 Å². The van der Waals surface area contributed by atoms with E-state index in [4.69, 9.17) is 23.2 Å². The average Bonchev–Trinajstić information content (AvgIpc) is 3.27. The van der Waals surface area contributed by atoms with Crippen LogP contribution in [0.15, 0.2) is 60.7 Å². The van der Waals surface area contributed by atoms with E-state index in [1.807, 2.05) is 48.6 Å². The Bertz CT molecular complexity index is 1330. The van der Waals surface area contributed by atoms with Gasteiger partial charge in [0.25, 0.3) is 11.8 Å². The molecule has 0 atom stereocenters. The molecule has 146 valence electrons. The number of nitrogens with zero attached hydrogens (tertiary/aromatic N) is 2. The van der Waals surface area contributed by atoms with Crippen molar-refractivity contribution in [2.45, 2.75) is 0 Å². The number of para-hydroxylation sites is 2. The summed E-state index contributed by atoms with van der Waals surface area (Å²) in [6.45, 7) is 0. The number of hydrogen-bond acceptors (Lipinski definition) is 3. The Morgan fingerprint density at radius 3 is 2.20 bits per heavy atom. The summed E-state index contributed by atoms with van der Waals surface area (Å²) in [5.74, 6) is -0.862. The molecule has 2 heterocycles. The van der Waals surface area contributed by atoms with E-state index in [0.29, 0.717) is 11.3 Å². The van der Waals surface area contributed by atoms with E-state index in [9.17, 15) is 9.59 Å². The summed E-state index contributed by atoms with van der Waals surface area (Å²) in [4.78, 5) is 27.1. The molecular weight excluding hydrogens is 421 g/mol. The highest BCUT2D eigenvalue weighted by molar-refractivity contribution is 6.44. The number of rotatable bonds is 3. The third-order valence-electron chi connectivity index (χ3n) is 5.03. The fraction of sp³-hybridized carbons (Fsp3) is 0. The maximum Gasteiger partial charge on any atom is 0.266 e. The summed E-state index contributed by atoms with van der Waals surface area (Å²) in [5.41, 5.74) is 3.36. The van der Waals surface area contributed by atoms with Crippen LogP contribution >= 0.6 is 23.2 Å². The second kappa shape index (κ2) is 7.13. The van der Waals surface area contributed by atoms with Crippen molar-refractivity contribution in [3.05, 3.63) is 93.1 Å². The molecule has 0 saturated heterocycles. The molecule has 5 nitrogen and oxygen atoms in total. The second-order valence-corrected chi connectivity index (χ2v) is 7.62. The summed E-state index contributed by atoms with van der Waals surface area (Å²) in [6, 6.07) is 17.9. The maximum atomic E-state index is 13.0. The molecule has 1 aliphatic heterocycles. The van der Waals surface area contributed by atoms with Gasteiger partial charge >= 0.3 is 0 Å². The van der Waals surface area contributed by atoms with Crippen LogP contribution in [-0.2, 0) is 0 Å². The molecule has 5 rings (SSSR count). The summed E-state index contributed by atoms with van der Waals surface area (Å²) in [5, 5.41) is 8.77. The summed E-state index contributed by atoms with van der Waals surface area (Å²) in [7, 11) is 0. The zero-order valence-electron chi connectivity index (χ0n) is 15.4. The molecule has 0 spiro atoms. The molecule has 30 heavy (non-hydrogen) atoms. The molecule has 0 bridgehead atoms. The van der Waals surface area contributed by atoms with Gasteiger partial charge in [-0.05, 0) is 35.9 Å². The summed E-state index contributed by atoms with van der Waals surface area (Å²) < 4.78 is 0. The van der Waals surface area contributed by atoms with E-state index in [1.54, 1.807) is 12.1 Å². The fourth-order valence-corrected chi connectivity index (χ4v) is 3.89. The van der Waals surface area contributed by atoms with E-state index >= 15 is 0 Å². The number of H-pyrrole nitrogens is 1. The van der Waals surface area contributed by atoms with Crippen LogP contribution in [0, 0.1) is 0 Å². The van der Waals surface area contributed by atoms with Gasteiger partial charge in [-0.15, -0.1) is 0 Å². The number of amides is 2. The van der Waals surface area contributed by atoms with Crippen molar-refractivity contribution < 1.29 is 9.59 Å². The highest BCUT2D eigenvalue weighted by atomic mass is 35.5. The molecule has 1 N–H and O–H groups in total. The number of aromatic amines is 1. The Balaban J connectivity index is 1.56. The van der Waals surface area contributed by atoms with Gasteiger partial charge in [0.1, 0.15) is 0 Å². The van der Waals surface area contributed by atoms with Crippen LogP contribution in [0.3, 0.4) is 0 Å². The summed E-state index contributed by atoms with van der Waals surface area (Å²) >= 11 is 12.1. The molecule has 0 unspecified atom stereocenters. The Morgan fingerprint density at radius 2 is 1.47 bits per heavy atom. The van der Waals surface area contributed by atoms with Gasteiger partial charge in [0.15, 0.2) is 0 Å². The second-order valence-electron chi connectivity index (χ2n) is 6.80. The standard InChI is InChI=1S/C23H13Cl2N3O2/c24-17-11-15-16(12-18(17)25)23(30)28(22(15)29)21-8-4-1-5-13(21)9-10-20-14-6-2-3-7-19(14)26-27-20/h1-12H,(H,26,27)/b10-9+. The predicted molar refractivity (Wildman–Crippen MR) is 119 cm³/mol. The van der Waals surface area contributed by atoms with Gasteiger partial charge in [0.2, 0.25) is 0 Å². The SMILES string of the molecule is O=C1c2cc(Cl)c(Cl)cc2C(=O)N1c1ccccc1/C=C/c1n[nH]c2ccccc12. The minimum absolute atomic E-state index is 0.233. The molecule has 1 aromatic heterocycles. The lowest BCUT2D eigenvalue weighted by Crippen LogP contribution is -2.29. The first kappa shape index (κ1) is 18.6. The van der Waals surface area contributed by atoms with Crippen LogP contribution in [0.5, 0.6) is 0 Å². The molecule has 0 aliphatic carbocycles. The van der Waals surface area contributed by atoms with Gasteiger partial charge < -0.3 is 0 Å². The zero-order chi connectivity index (χ0) is 20.8. The van der Waals surface area contributed by atoms with E-state index in [1.165, 1.54) is 12.1 Å². The number of hydrogen-bond donors (Lipinski definition) is 1. The first-order chi connectivity index (χ1) is 14.5. The predicted octanol–water partition coefficient (Wildman–Crippen LogP) is 5.84. The van der Waals surface area contributed by atoms with Crippen molar-refractivity contribution in [2.75, 3.05) is 4.90 Å². The summed E-state index contributed by atoms with van der Waals surface area (Å²) in [6.07, 6.45) is 3.69. The fourth-order valence-electron chi connectivity index (χ4n) is 3.57. The third-order valence-corrected chi connectivity index (χ3v) is 5.75. The van der Waals surface area contributed by atoms with Crippen molar-refractivity contribution in [2.24, 2.45) is 0 Å². The van der Waals surface area contributed by atoms with Crippen LogP contribution in [0.4, 0.5) is 5.69 Å². The van der Waals surface area contributed by atoms with Crippen molar-refractivity contribution in [1.29, 1.82) is 0 Å². The quantitative estimate of drug-likeness (QED) is 0.412. The third kappa shape index (κ3) is 2.91. The normalized spacial score (nSPS) is 13.6. The van der Waals surface area contributed by atoms with Gasteiger partial charge in [-0.2, -0.15) is 5.10 Å². The van der Waals surface area contributed by atoms with Gasteiger partial charge in [-0.25, -0.2) is 4.90 Å². The molecule has 1 aliphatic rings. The van der Waals surface area contributed by atoms with Gasteiger partial charge in [0.05, 0.1) is 38.1 Å². The van der Waals surface area contributed by atoms with Crippen LogP contribution < -0.4 is 4.90 Å². The lowest BCUT2D eigenvalue weighted by Gasteiger charge is -2.16. The number of halogens is 2. The zero-order valence-corrected chi connectivity index (χ0v) is 16.9. The van der Waals surface area contributed by atoms with Gasteiger partial charge in [-0.1, -0.05) is 65.7 Å².